The topological polar surface area (TPSA) is 12.0 Å². The highest BCUT2D eigenvalue weighted by Crippen LogP contribution is 2.31. The van der Waals surface area contributed by atoms with Crippen LogP contribution in [0.4, 0.5) is 0 Å². The number of unbranched alkanes of at least 4 members (excludes halogenated alkanes) is 1. The Morgan fingerprint density at radius 2 is 2.50 bits per heavy atom. The van der Waals surface area contributed by atoms with Crippen LogP contribution in [0.5, 0.6) is 0 Å². The zero-order valence-corrected chi connectivity index (χ0v) is 10.00. The third kappa shape index (κ3) is 3.12. The van der Waals surface area contributed by atoms with E-state index in [1.807, 2.05) is 24.6 Å². The molecule has 1 heterocycles. The van der Waals surface area contributed by atoms with Crippen LogP contribution in [0, 0.1) is 0 Å². The fraction of sp³-hybridized carbons (Fsp3) is 0.455. The molecule has 1 N–H and O–H groups in total. The Morgan fingerprint density at radius 1 is 1.71 bits per heavy atom. The van der Waals surface area contributed by atoms with Gasteiger partial charge in [-0.15, -0.1) is 17.9 Å². The Kier molecular flexibility index (Phi) is 5.23. The van der Waals surface area contributed by atoms with Crippen molar-refractivity contribution < 1.29 is 0 Å². The first-order chi connectivity index (χ1) is 6.79. The van der Waals surface area contributed by atoms with Crippen molar-refractivity contribution in [3.63, 3.8) is 0 Å². The van der Waals surface area contributed by atoms with E-state index in [1.54, 1.807) is 11.3 Å². The fourth-order valence-corrected chi connectivity index (χ4v) is 2.76. The Balaban J connectivity index is 2.54. The van der Waals surface area contributed by atoms with E-state index in [1.165, 1.54) is 4.88 Å². The maximum atomic E-state index is 6.08. The highest BCUT2D eigenvalue weighted by molar-refractivity contribution is 7.10. The van der Waals surface area contributed by atoms with Gasteiger partial charge in [0, 0.05) is 10.9 Å². The molecule has 0 fully saturated rings. The summed E-state index contributed by atoms with van der Waals surface area (Å²) in [4.78, 5) is 1.25. The van der Waals surface area contributed by atoms with Crippen molar-refractivity contribution in [2.45, 2.75) is 25.3 Å². The molecule has 0 amide bonds. The molecular weight excluding hydrogens is 214 g/mol. The molecule has 0 spiro atoms. The maximum Gasteiger partial charge on any atom is 0.0561 e. The van der Waals surface area contributed by atoms with Crippen molar-refractivity contribution in [2.24, 2.45) is 0 Å². The molecule has 0 radical (unpaired) electrons. The van der Waals surface area contributed by atoms with Crippen LogP contribution in [0.1, 0.15) is 30.2 Å². The van der Waals surface area contributed by atoms with Gasteiger partial charge in [0.2, 0.25) is 0 Å². The number of rotatable bonds is 6. The van der Waals surface area contributed by atoms with Crippen LogP contribution in [0.25, 0.3) is 0 Å². The summed E-state index contributed by atoms with van der Waals surface area (Å²) in [6, 6.07) is 2.35. The molecule has 0 saturated heterocycles. The molecule has 14 heavy (non-hydrogen) atoms. The molecule has 78 valence electrons. The van der Waals surface area contributed by atoms with Crippen molar-refractivity contribution >= 4 is 22.9 Å². The van der Waals surface area contributed by atoms with Crippen LogP contribution in [-0.4, -0.2) is 7.05 Å². The molecule has 1 nitrogen and oxygen atoms in total. The van der Waals surface area contributed by atoms with Gasteiger partial charge in [0.05, 0.1) is 5.02 Å². The van der Waals surface area contributed by atoms with Crippen molar-refractivity contribution in [1.82, 2.24) is 5.32 Å². The van der Waals surface area contributed by atoms with Gasteiger partial charge in [0.15, 0.2) is 0 Å². The van der Waals surface area contributed by atoms with E-state index in [-0.39, 0.29) is 0 Å². The lowest BCUT2D eigenvalue weighted by Gasteiger charge is -2.14. The van der Waals surface area contributed by atoms with Gasteiger partial charge in [-0.2, -0.15) is 0 Å². The number of halogens is 1. The molecule has 1 aromatic rings. The molecule has 0 bridgehead atoms. The predicted molar refractivity (Wildman–Crippen MR) is 65.2 cm³/mol. The van der Waals surface area contributed by atoms with Crippen LogP contribution < -0.4 is 5.32 Å². The van der Waals surface area contributed by atoms with Crippen molar-refractivity contribution in [3.8, 4) is 0 Å². The minimum Gasteiger partial charge on any atom is -0.312 e. The predicted octanol–water partition coefficient (Wildman–Crippen LogP) is 4.02. The minimum absolute atomic E-state index is 0.391. The number of allylic oxidation sites excluding steroid dienone is 1. The first kappa shape index (κ1) is 11.8. The molecule has 1 aromatic heterocycles. The first-order valence-corrected chi connectivity index (χ1v) is 6.06. The van der Waals surface area contributed by atoms with E-state index >= 15 is 0 Å². The van der Waals surface area contributed by atoms with Gasteiger partial charge in [-0.3, -0.25) is 0 Å². The van der Waals surface area contributed by atoms with Crippen LogP contribution in [-0.2, 0) is 0 Å². The highest BCUT2D eigenvalue weighted by atomic mass is 35.5. The zero-order valence-electron chi connectivity index (χ0n) is 8.42. The maximum absolute atomic E-state index is 6.08. The van der Waals surface area contributed by atoms with E-state index in [2.05, 4.69) is 11.9 Å². The quantitative estimate of drug-likeness (QED) is 0.574. The minimum atomic E-state index is 0.391. The zero-order chi connectivity index (χ0) is 10.4. The van der Waals surface area contributed by atoms with E-state index in [9.17, 15) is 0 Å². The molecule has 1 atom stereocenters. The van der Waals surface area contributed by atoms with Gasteiger partial charge in [-0.25, -0.2) is 0 Å². The molecule has 1 unspecified atom stereocenters. The van der Waals surface area contributed by atoms with Crippen molar-refractivity contribution in [1.29, 1.82) is 0 Å². The number of hydrogen-bond donors (Lipinski definition) is 1. The molecule has 3 heteroatoms. The largest absolute Gasteiger partial charge is 0.312 e. The van der Waals surface area contributed by atoms with Crippen LogP contribution >= 0.6 is 22.9 Å². The SMILES string of the molecule is C=CCCCC(NC)c1sccc1Cl. The molecular formula is C11H16ClNS. The summed E-state index contributed by atoms with van der Waals surface area (Å²) in [5, 5.41) is 6.22. The van der Waals surface area contributed by atoms with E-state index < -0.39 is 0 Å². The van der Waals surface area contributed by atoms with Crippen LogP contribution in [0.3, 0.4) is 0 Å². The second kappa shape index (κ2) is 6.23. The highest BCUT2D eigenvalue weighted by Gasteiger charge is 2.13. The molecule has 1 rings (SSSR count). The molecule has 0 aliphatic carbocycles. The van der Waals surface area contributed by atoms with Gasteiger partial charge in [-0.1, -0.05) is 17.7 Å². The lowest BCUT2D eigenvalue weighted by atomic mass is 10.1. The van der Waals surface area contributed by atoms with Crippen molar-refractivity contribution in [2.75, 3.05) is 7.05 Å². The smallest absolute Gasteiger partial charge is 0.0561 e. The Bertz CT molecular complexity index is 283. The summed E-state index contributed by atoms with van der Waals surface area (Å²) in [5.74, 6) is 0. The Hall–Kier alpha value is -0.310. The Labute approximate surface area is 94.8 Å². The monoisotopic (exact) mass is 229 g/mol. The summed E-state index contributed by atoms with van der Waals surface area (Å²) >= 11 is 7.80. The van der Waals surface area contributed by atoms with E-state index in [0.717, 1.165) is 24.3 Å². The second-order valence-electron chi connectivity index (χ2n) is 3.19. The summed E-state index contributed by atoms with van der Waals surface area (Å²) in [6.45, 7) is 3.72. The average molecular weight is 230 g/mol. The summed E-state index contributed by atoms with van der Waals surface area (Å²) in [6.07, 6.45) is 5.30. The lowest BCUT2D eigenvalue weighted by Crippen LogP contribution is -2.15. The van der Waals surface area contributed by atoms with Gasteiger partial charge >= 0.3 is 0 Å². The van der Waals surface area contributed by atoms with E-state index in [4.69, 9.17) is 11.6 Å². The Morgan fingerprint density at radius 3 is 3.00 bits per heavy atom. The normalized spacial score (nSPS) is 12.7. The third-order valence-corrected chi connectivity index (χ3v) is 3.68. The molecule has 0 aliphatic heterocycles. The average Bonchev–Trinajstić information content (AvgIpc) is 2.60. The summed E-state index contributed by atoms with van der Waals surface area (Å²) < 4.78 is 0. The van der Waals surface area contributed by atoms with Crippen LogP contribution in [0.15, 0.2) is 24.1 Å². The van der Waals surface area contributed by atoms with Crippen LogP contribution in [0.2, 0.25) is 5.02 Å². The number of nitrogens with one attached hydrogen (secondary N) is 1. The number of hydrogen-bond acceptors (Lipinski definition) is 2. The molecule has 0 aromatic carbocycles. The number of thiophene rings is 1. The standard InChI is InChI=1S/C11H16ClNS/c1-3-4-5-6-10(13-2)11-9(12)7-8-14-11/h3,7-8,10,13H,1,4-6H2,2H3. The summed E-state index contributed by atoms with van der Waals surface area (Å²) in [5.41, 5.74) is 0. The second-order valence-corrected chi connectivity index (χ2v) is 4.55. The third-order valence-electron chi connectivity index (χ3n) is 2.21. The summed E-state index contributed by atoms with van der Waals surface area (Å²) in [7, 11) is 1.98. The van der Waals surface area contributed by atoms with Gasteiger partial charge in [0.25, 0.3) is 0 Å². The van der Waals surface area contributed by atoms with E-state index in [0.29, 0.717) is 6.04 Å². The molecule has 0 aliphatic rings. The first-order valence-electron chi connectivity index (χ1n) is 4.80. The van der Waals surface area contributed by atoms with Gasteiger partial charge in [-0.05, 0) is 37.8 Å². The molecule has 0 saturated carbocycles. The lowest BCUT2D eigenvalue weighted by molar-refractivity contribution is 0.538. The van der Waals surface area contributed by atoms with Gasteiger partial charge in [0.1, 0.15) is 0 Å². The van der Waals surface area contributed by atoms with Gasteiger partial charge < -0.3 is 5.32 Å². The fourth-order valence-electron chi connectivity index (χ4n) is 1.43. The van der Waals surface area contributed by atoms with Crippen molar-refractivity contribution in [3.05, 3.63) is 34.0 Å².